The lowest BCUT2D eigenvalue weighted by Gasteiger charge is -2.42. The van der Waals surface area contributed by atoms with Crippen molar-refractivity contribution in [3.63, 3.8) is 0 Å². The van der Waals surface area contributed by atoms with E-state index in [-0.39, 0.29) is 17.1 Å². The summed E-state index contributed by atoms with van der Waals surface area (Å²) < 4.78 is 29.3. The van der Waals surface area contributed by atoms with Crippen molar-refractivity contribution in [2.24, 2.45) is 11.7 Å². The second-order valence-corrected chi connectivity index (χ2v) is 7.78. The maximum atomic E-state index is 11.8. The summed E-state index contributed by atoms with van der Waals surface area (Å²) in [6, 6.07) is 7.90. The fourth-order valence-corrected chi connectivity index (χ4v) is 5.42. The molecule has 3 rings (SSSR count). The molecule has 2 unspecified atom stereocenters. The normalized spacial score (nSPS) is 32.6. The minimum atomic E-state index is -2.89. The zero-order valence-corrected chi connectivity index (χ0v) is 11.7. The fourth-order valence-electron chi connectivity index (χ4n) is 3.52. The van der Waals surface area contributed by atoms with Gasteiger partial charge in [0.25, 0.3) is 0 Å². The molecule has 0 aliphatic carbocycles. The molecule has 2 heterocycles. The summed E-state index contributed by atoms with van der Waals surface area (Å²) in [4.78, 5) is 0. The van der Waals surface area contributed by atoms with Gasteiger partial charge >= 0.3 is 0 Å². The zero-order chi connectivity index (χ0) is 13.5. The van der Waals surface area contributed by atoms with Gasteiger partial charge in [0.2, 0.25) is 0 Å². The lowest BCUT2D eigenvalue weighted by molar-refractivity contribution is 0.173. The van der Waals surface area contributed by atoms with Gasteiger partial charge in [-0.25, -0.2) is 8.42 Å². The minimum Gasteiger partial charge on any atom is -0.493 e. The van der Waals surface area contributed by atoms with Crippen LogP contribution in [0.25, 0.3) is 0 Å². The van der Waals surface area contributed by atoms with Gasteiger partial charge in [0.15, 0.2) is 9.84 Å². The van der Waals surface area contributed by atoms with Crippen molar-refractivity contribution in [3.8, 4) is 5.75 Å². The third-order valence-electron chi connectivity index (χ3n) is 4.61. The van der Waals surface area contributed by atoms with Crippen molar-refractivity contribution in [1.29, 1.82) is 0 Å². The number of ether oxygens (including phenoxy) is 1. The van der Waals surface area contributed by atoms with Crippen LogP contribution < -0.4 is 10.5 Å². The van der Waals surface area contributed by atoms with Gasteiger partial charge in [0, 0.05) is 17.5 Å². The Morgan fingerprint density at radius 1 is 1.37 bits per heavy atom. The molecule has 0 saturated carbocycles. The van der Waals surface area contributed by atoms with E-state index in [2.05, 4.69) is 0 Å². The molecule has 1 saturated heterocycles. The second-order valence-electron chi connectivity index (χ2n) is 5.55. The van der Waals surface area contributed by atoms with Crippen molar-refractivity contribution in [1.82, 2.24) is 0 Å². The van der Waals surface area contributed by atoms with Gasteiger partial charge in [0.05, 0.1) is 18.1 Å². The zero-order valence-electron chi connectivity index (χ0n) is 10.8. The van der Waals surface area contributed by atoms with Crippen LogP contribution in [0.15, 0.2) is 24.3 Å². The highest BCUT2D eigenvalue weighted by atomic mass is 32.2. The topological polar surface area (TPSA) is 69.4 Å². The van der Waals surface area contributed by atoms with E-state index in [4.69, 9.17) is 10.5 Å². The monoisotopic (exact) mass is 281 g/mol. The number of para-hydroxylation sites is 1. The summed E-state index contributed by atoms with van der Waals surface area (Å²) in [5.41, 5.74) is 6.92. The molecule has 1 fully saturated rings. The summed E-state index contributed by atoms with van der Waals surface area (Å²) >= 11 is 0. The molecular formula is C14H19NO3S. The minimum absolute atomic E-state index is 0.118. The third kappa shape index (κ3) is 2.05. The summed E-state index contributed by atoms with van der Waals surface area (Å²) in [6.07, 6.45) is 1.52. The maximum absolute atomic E-state index is 11.8. The molecule has 2 atom stereocenters. The van der Waals surface area contributed by atoms with Crippen LogP contribution in [0.2, 0.25) is 0 Å². The van der Waals surface area contributed by atoms with Gasteiger partial charge in [-0.15, -0.1) is 0 Å². The van der Waals surface area contributed by atoms with Crippen molar-refractivity contribution in [2.45, 2.75) is 18.3 Å². The van der Waals surface area contributed by atoms with Crippen LogP contribution in [0.3, 0.4) is 0 Å². The smallest absolute Gasteiger partial charge is 0.150 e. The standard InChI is InChI=1S/C14H19NO3S/c15-10-14(11-5-8-19(16,17)9-11)6-7-18-13-4-2-1-3-12(13)14/h1-4,11H,5-10,15H2. The summed E-state index contributed by atoms with van der Waals surface area (Å²) in [5.74, 6) is 1.54. The van der Waals surface area contributed by atoms with Gasteiger partial charge in [-0.2, -0.15) is 0 Å². The van der Waals surface area contributed by atoms with Crippen molar-refractivity contribution >= 4 is 9.84 Å². The summed E-state index contributed by atoms with van der Waals surface area (Å²) in [5, 5.41) is 0. The van der Waals surface area contributed by atoms with Gasteiger partial charge in [-0.3, -0.25) is 0 Å². The quantitative estimate of drug-likeness (QED) is 0.881. The summed E-state index contributed by atoms with van der Waals surface area (Å²) in [7, 11) is -2.89. The Kier molecular flexibility index (Phi) is 3.06. The fraction of sp³-hybridized carbons (Fsp3) is 0.571. The molecule has 1 aromatic carbocycles. The van der Waals surface area contributed by atoms with Crippen LogP contribution in [0.1, 0.15) is 18.4 Å². The van der Waals surface area contributed by atoms with E-state index in [1.54, 1.807) is 0 Å². The Labute approximate surface area is 113 Å². The highest BCUT2D eigenvalue weighted by Gasteiger charge is 2.47. The molecule has 5 heteroatoms. The molecule has 0 bridgehead atoms. The molecule has 4 nitrogen and oxygen atoms in total. The average Bonchev–Trinajstić information content (AvgIpc) is 2.79. The molecule has 0 radical (unpaired) electrons. The van der Waals surface area contributed by atoms with Gasteiger partial charge in [-0.1, -0.05) is 18.2 Å². The number of fused-ring (bicyclic) bond motifs is 1. The van der Waals surface area contributed by atoms with E-state index in [9.17, 15) is 8.42 Å². The highest BCUT2D eigenvalue weighted by Crippen LogP contribution is 2.46. The Bertz CT molecular complexity index is 584. The number of sulfone groups is 1. The van der Waals surface area contributed by atoms with Crippen molar-refractivity contribution in [2.75, 3.05) is 24.7 Å². The molecule has 0 aromatic heterocycles. The van der Waals surface area contributed by atoms with Gasteiger partial charge in [-0.05, 0) is 24.8 Å². The first kappa shape index (κ1) is 12.9. The van der Waals surface area contributed by atoms with Crippen LogP contribution >= 0.6 is 0 Å². The van der Waals surface area contributed by atoms with E-state index in [1.165, 1.54) is 0 Å². The Morgan fingerprint density at radius 2 is 2.16 bits per heavy atom. The van der Waals surface area contributed by atoms with E-state index < -0.39 is 9.84 Å². The molecule has 0 amide bonds. The molecular weight excluding hydrogens is 262 g/mol. The Balaban J connectivity index is 2.06. The number of benzene rings is 1. The maximum Gasteiger partial charge on any atom is 0.150 e. The van der Waals surface area contributed by atoms with E-state index in [1.807, 2.05) is 24.3 Å². The molecule has 104 valence electrons. The molecule has 2 aliphatic rings. The summed E-state index contributed by atoms with van der Waals surface area (Å²) in [6.45, 7) is 1.10. The van der Waals surface area contributed by atoms with Crippen LogP contribution in [-0.2, 0) is 15.3 Å². The number of hydrogen-bond donors (Lipinski definition) is 1. The van der Waals surface area contributed by atoms with E-state index in [0.717, 1.165) is 17.7 Å². The van der Waals surface area contributed by atoms with Crippen LogP contribution in [0.4, 0.5) is 0 Å². The third-order valence-corrected chi connectivity index (χ3v) is 6.38. The lowest BCUT2D eigenvalue weighted by Crippen LogP contribution is -2.46. The number of nitrogens with two attached hydrogens (primary N) is 1. The molecule has 1 aromatic rings. The predicted octanol–water partition coefficient (Wildman–Crippen LogP) is 1.10. The van der Waals surface area contributed by atoms with E-state index in [0.29, 0.717) is 25.3 Å². The lowest BCUT2D eigenvalue weighted by atomic mass is 9.66. The largest absolute Gasteiger partial charge is 0.493 e. The molecule has 2 aliphatic heterocycles. The predicted molar refractivity (Wildman–Crippen MR) is 74.0 cm³/mol. The SMILES string of the molecule is NCC1(C2CCS(=O)(=O)C2)CCOc2ccccc21. The molecule has 2 N–H and O–H groups in total. The van der Waals surface area contributed by atoms with Crippen LogP contribution in [0.5, 0.6) is 5.75 Å². The van der Waals surface area contributed by atoms with Crippen molar-refractivity contribution in [3.05, 3.63) is 29.8 Å². The Hall–Kier alpha value is -1.07. The first-order chi connectivity index (χ1) is 9.07. The average molecular weight is 281 g/mol. The van der Waals surface area contributed by atoms with Crippen LogP contribution in [-0.4, -0.2) is 33.1 Å². The number of rotatable bonds is 2. The van der Waals surface area contributed by atoms with Gasteiger partial charge in [0.1, 0.15) is 5.75 Å². The molecule has 19 heavy (non-hydrogen) atoms. The highest BCUT2D eigenvalue weighted by molar-refractivity contribution is 7.91. The van der Waals surface area contributed by atoms with E-state index >= 15 is 0 Å². The van der Waals surface area contributed by atoms with Gasteiger partial charge < -0.3 is 10.5 Å². The second kappa shape index (κ2) is 4.49. The Morgan fingerprint density at radius 3 is 2.84 bits per heavy atom. The van der Waals surface area contributed by atoms with Crippen molar-refractivity contribution < 1.29 is 13.2 Å². The first-order valence-electron chi connectivity index (χ1n) is 6.70. The number of hydrogen-bond acceptors (Lipinski definition) is 4. The first-order valence-corrected chi connectivity index (χ1v) is 8.52. The molecule has 0 spiro atoms. The van der Waals surface area contributed by atoms with Crippen LogP contribution in [0, 0.1) is 5.92 Å².